The molecular weight excluding hydrogens is 224 g/mol. The van der Waals surface area contributed by atoms with Crippen LogP contribution in [0, 0.1) is 5.41 Å². The molecular formula is C11H16N2O2S. The van der Waals surface area contributed by atoms with E-state index >= 15 is 0 Å². The number of rotatable bonds is 3. The molecule has 2 rings (SSSR count). The Bertz CT molecular complexity index is 400. The second-order valence-electron chi connectivity index (χ2n) is 4.92. The first-order chi connectivity index (χ1) is 7.49. The fourth-order valence-electron chi connectivity index (χ4n) is 2.18. The van der Waals surface area contributed by atoms with Gasteiger partial charge in [0, 0.05) is 11.4 Å². The Morgan fingerprint density at radius 1 is 1.69 bits per heavy atom. The van der Waals surface area contributed by atoms with Crippen LogP contribution in [-0.2, 0) is 0 Å². The molecule has 16 heavy (non-hydrogen) atoms. The third-order valence-corrected chi connectivity index (χ3v) is 4.05. The predicted octanol–water partition coefficient (Wildman–Crippen LogP) is 2.83. The van der Waals surface area contributed by atoms with Gasteiger partial charge in [-0.25, -0.2) is 9.78 Å². The number of carboxylic acid groups (broad SMARTS) is 1. The summed E-state index contributed by atoms with van der Waals surface area (Å²) in [6.45, 7) is 4.48. The van der Waals surface area contributed by atoms with Crippen molar-refractivity contribution in [2.45, 2.75) is 39.2 Å². The van der Waals surface area contributed by atoms with Gasteiger partial charge in [0.2, 0.25) is 0 Å². The number of nitrogens with one attached hydrogen (secondary N) is 1. The average Bonchev–Trinajstić information content (AvgIpc) is 2.75. The van der Waals surface area contributed by atoms with Crippen molar-refractivity contribution in [1.29, 1.82) is 0 Å². The third-order valence-electron chi connectivity index (χ3n) is 3.28. The van der Waals surface area contributed by atoms with Gasteiger partial charge >= 0.3 is 5.97 Å². The van der Waals surface area contributed by atoms with E-state index in [9.17, 15) is 4.79 Å². The molecule has 2 N–H and O–H groups in total. The van der Waals surface area contributed by atoms with Gasteiger partial charge in [0.15, 0.2) is 10.8 Å². The van der Waals surface area contributed by atoms with Gasteiger partial charge in [-0.1, -0.05) is 20.3 Å². The van der Waals surface area contributed by atoms with Gasteiger partial charge in [-0.05, 0) is 18.3 Å². The number of aromatic nitrogens is 1. The van der Waals surface area contributed by atoms with Crippen molar-refractivity contribution in [3.8, 4) is 0 Å². The number of nitrogens with zero attached hydrogens (tertiary/aromatic N) is 1. The molecule has 0 aliphatic heterocycles. The Kier molecular flexibility index (Phi) is 2.88. The van der Waals surface area contributed by atoms with E-state index in [-0.39, 0.29) is 11.1 Å². The van der Waals surface area contributed by atoms with Crippen molar-refractivity contribution in [2.75, 3.05) is 5.32 Å². The monoisotopic (exact) mass is 240 g/mol. The van der Waals surface area contributed by atoms with Gasteiger partial charge < -0.3 is 10.4 Å². The highest BCUT2D eigenvalue weighted by Gasteiger charge is 2.34. The van der Waals surface area contributed by atoms with Gasteiger partial charge in [-0.15, -0.1) is 11.3 Å². The molecule has 5 heteroatoms. The molecule has 0 saturated heterocycles. The summed E-state index contributed by atoms with van der Waals surface area (Å²) >= 11 is 1.36. The fraction of sp³-hybridized carbons (Fsp3) is 0.636. The lowest BCUT2D eigenvalue weighted by molar-refractivity contribution is 0.0691. The number of hydrogen-bond donors (Lipinski definition) is 2. The number of hydrogen-bond acceptors (Lipinski definition) is 4. The van der Waals surface area contributed by atoms with Crippen LogP contribution in [0.2, 0.25) is 0 Å². The summed E-state index contributed by atoms with van der Waals surface area (Å²) in [5.41, 5.74) is 0.401. The lowest BCUT2D eigenvalue weighted by atomic mass is 9.87. The van der Waals surface area contributed by atoms with Crippen LogP contribution in [0.3, 0.4) is 0 Å². The largest absolute Gasteiger partial charge is 0.476 e. The Hall–Kier alpha value is -1.10. The summed E-state index contributed by atoms with van der Waals surface area (Å²) < 4.78 is 0. The van der Waals surface area contributed by atoms with Crippen molar-refractivity contribution in [3.05, 3.63) is 11.1 Å². The zero-order valence-electron chi connectivity index (χ0n) is 9.49. The first-order valence-corrected chi connectivity index (χ1v) is 6.32. The van der Waals surface area contributed by atoms with Crippen LogP contribution >= 0.6 is 11.3 Å². The molecule has 0 bridgehead atoms. The van der Waals surface area contributed by atoms with E-state index in [4.69, 9.17) is 5.11 Å². The first kappa shape index (κ1) is 11.4. The number of carbonyl (C=O) groups is 1. The summed E-state index contributed by atoms with van der Waals surface area (Å²) in [6.07, 6.45) is 3.57. The smallest absolute Gasteiger partial charge is 0.355 e. The Labute approximate surface area is 98.7 Å². The van der Waals surface area contributed by atoms with E-state index in [2.05, 4.69) is 24.1 Å². The van der Waals surface area contributed by atoms with Crippen LogP contribution < -0.4 is 5.32 Å². The van der Waals surface area contributed by atoms with Gasteiger partial charge in [-0.2, -0.15) is 0 Å². The lowest BCUT2D eigenvalue weighted by Crippen LogP contribution is -2.30. The highest BCUT2D eigenvalue weighted by molar-refractivity contribution is 7.13. The topological polar surface area (TPSA) is 62.2 Å². The van der Waals surface area contributed by atoms with E-state index in [1.54, 1.807) is 5.38 Å². The zero-order valence-corrected chi connectivity index (χ0v) is 10.3. The standard InChI is InChI=1S/C11H16N2O2S/c1-11(2)5-3-4-8(11)13-10-12-7(6-16-10)9(14)15/h6,8H,3-5H2,1-2H3,(H,12,13)(H,14,15). The van der Waals surface area contributed by atoms with Crippen molar-refractivity contribution in [3.63, 3.8) is 0 Å². The van der Waals surface area contributed by atoms with Crippen molar-refractivity contribution in [1.82, 2.24) is 4.98 Å². The van der Waals surface area contributed by atoms with Crippen molar-refractivity contribution < 1.29 is 9.90 Å². The molecule has 0 spiro atoms. The van der Waals surface area contributed by atoms with E-state index in [1.165, 1.54) is 24.2 Å². The lowest BCUT2D eigenvalue weighted by Gasteiger charge is -2.27. The maximum absolute atomic E-state index is 10.7. The van der Waals surface area contributed by atoms with Crippen LogP contribution in [0.5, 0.6) is 0 Å². The molecule has 1 unspecified atom stereocenters. The molecule has 88 valence electrons. The second kappa shape index (κ2) is 4.05. The number of anilines is 1. The molecule has 0 amide bonds. The van der Waals surface area contributed by atoms with Crippen LogP contribution in [0.25, 0.3) is 0 Å². The van der Waals surface area contributed by atoms with E-state index < -0.39 is 5.97 Å². The Balaban J connectivity index is 2.06. The van der Waals surface area contributed by atoms with Crippen LogP contribution in [0.4, 0.5) is 5.13 Å². The maximum atomic E-state index is 10.7. The summed E-state index contributed by atoms with van der Waals surface area (Å²) in [4.78, 5) is 14.7. The molecule has 0 radical (unpaired) electrons. The van der Waals surface area contributed by atoms with Crippen LogP contribution in [-0.4, -0.2) is 22.1 Å². The molecule has 1 fully saturated rings. The minimum absolute atomic E-state index is 0.128. The molecule has 4 nitrogen and oxygen atoms in total. The Morgan fingerprint density at radius 3 is 2.94 bits per heavy atom. The van der Waals surface area contributed by atoms with E-state index in [0.29, 0.717) is 6.04 Å². The van der Waals surface area contributed by atoms with Gasteiger partial charge in [0.1, 0.15) is 0 Å². The quantitative estimate of drug-likeness (QED) is 0.852. The second-order valence-corrected chi connectivity index (χ2v) is 5.78. The normalized spacial score (nSPS) is 23.2. The average molecular weight is 240 g/mol. The predicted molar refractivity (Wildman–Crippen MR) is 64.1 cm³/mol. The van der Waals surface area contributed by atoms with Gasteiger partial charge in [0.25, 0.3) is 0 Å². The summed E-state index contributed by atoms with van der Waals surface area (Å²) in [7, 11) is 0. The molecule has 1 atom stereocenters. The molecule has 1 heterocycles. The number of aromatic carboxylic acids is 1. The molecule has 0 aromatic carbocycles. The summed E-state index contributed by atoms with van der Waals surface area (Å²) in [6, 6.07) is 0.403. The van der Waals surface area contributed by atoms with Crippen LogP contribution in [0.1, 0.15) is 43.6 Å². The molecule has 1 aromatic heterocycles. The Morgan fingerprint density at radius 2 is 2.44 bits per heavy atom. The molecule has 1 aliphatic rings. The minimum Gasteiger partial charge on any atom is -0.476 e. The third kappa shape index (κ3) is 2.19. The first-order valence-electron chi connectivity index (χ1n) is 5.44. The fourth-order valence-corrected chi connectivity index (χ4v) is 2.92. The minimum atomic E-state index is -0.963. The molecule has 1 saturated carbocycles. The number of thiazole rings is 1. The van der Waals surface area contributed by atoms with E-state index in [1.807, 2.05) is 0 Å². The van der Waals surface area contributed by atoms with Crippen LogP contribution in [0.15, 0.2) is 5.38 Å². The van der Waals surface area contributed by atoms with Crippen molar-refractivity contribution in [2.24, 2.45) is 5.41 Å². The zero-order chi connectivity index (χ0) is 11.8. The SMILES string of the molecule is CC1(C)CCCC1Nc1nc(C(=O)O)cs1. The van der Waals surface area contributed by atoms with Crippen molar-refractivity contribution >= 4 is 22.4 Å². The maximum Gasteiger partial charge on any atom is 0.355 e. The summed E-state index contributed by atoms with van der Waals surface area (Å²) in [5.74, 6) is -0.963. The van der Waals surface area contributed by atoms with Gasteiger partial charge in [0.05, 0.1) is 0 Å². The van der Waals surface area contributed by atoms with Gasteiger partial charge in [-0.3, -0.25) is 0 Å². The summed E-state index contributed by atoms with van der Waals surface area (Å²) in [5, 5.41) is 14.4. The number of carboxylic acids is 1. The highest BCUT2D eigenvalue weighted by Crippen LogP contribution is 2.39. The molecule has 1 aromatic rings. The van der Waals surface area contributed by atoms with E-state index in [0.717, 1.165) is 11.6 Å². The highest BCUT2D eigenvalue weighted by atomic mass is 32.1. The molecule has 1 aliphatic carbocycles.